The highest BCUT2D eigenvalue weighted by Crippen LogP contribution is 2.48. The van der Waals surface area contributed by atoms with Crippen molar-refractivity contribution in [2.75, 3.05) is 7.11 Å². The molecule has 14 heavy (non-hydrogen) atoms. The lowest BCUT2D eigenvalue weighted by Gasteiger charge is -2.01. The average molecular weight is 188 g/mol. The first-order valence-corrected chi connectivity index (χ1v) is 5.02. The molecule has 1 unspecified atom stereocenters. The van der Waals surface area contributed by atoms with Crippen LogP contribution in [-0.4, -0.2) is 7.11 Å². The van der Waals surface area contributed by atoms with Gasteiger partial charge in [0.05, 0.1) is 7.11 Å². The average Bonchev–Trinajstić information content (AvgIpc) is 2.97. The van der Waals surface area contributed by atoms with E-state index in [2.05, 4.69) is 26.0 Å². The maximum absolute atomic E-state index is 5.13. The van der Waals surface area contributed by atoms with E-state index in [1.807, 2.05) is 12.1 Å². The van der Waals surface area contributed by atoms with Gasteiger partial charge in [0.1, 0.15) is 5.75 Å². The van der Waals surface area contributed by atoms with Gasteiger partial charge in [-0.3, -0.25) is 0 Å². The van der Waals surface area contributed by atoms with Crippen LogP contribution in [0.15, 0.2) is 35.4 Å². The molecule has 1 aromatic rings. The van der Waals surface area contributed by atoms with Gasteiger partial charge in [0.2, 0.25) is 0 Å². The Morgan fingerprint density at radius 2 is 1.86 bits per heavy atom. The van der Waals surface area contributed by atoms with Crippen molar-refractivity contribution in [3.05, 3.63) is 41.0 Å². The molecule has 1 fully saturated rings. The van der Waals surface area contributed by atoms with E-state index < -0.39 is 0 Å². The van der Waals surface area contributed by atoms with Crippen LogP contribution in [0.3, 0.4) is 0 Å². The van der Waals surface area contributed by atoms with Crippen LogP contribution in [0.1, 0.15) is 31.7 Å². The van der Waals surface area contributed by atoms with Crippen LogP contribution < -0.4 is 4.74 Å². The Morgan fingerprint density at radius 1 is 1.21 bits per heavy atom. The topological polar surface area (TPSA) is 9.23 Å². The van der Waals surface area contributed by atoms with Crippen molar-refractivity contribution in [3.8, 4) is 5.75 Å². The Morgan fingerprint density at radius 3 is 2.29 bits per heavy atom. The monoisotopic (exact) mass is 188 g/mol. The molecule has 0 spiro atoms. The second-order valence-corrected chi connectivity index (χ2v) is 4.06. The van der Waals surface area contributed by atoms with E-state index in [0.717, 1.165) is 5.75 Å². The standard InChI is InChI=1S/C13H16O/c1-9(2)12-8-13(12)10-4-6-11(14-3)7-5-10/h4-7,13H,8H2,1-3H3. The van der Waals surface area contributed by atoms with Crippen molar-refractivity contribution >= 4 is 0 Å². The van der Waals surface area contributed by atoms with E-state index in [0.29, 0.717) is 5.92 Å². The summed E-state index contributed by atoms with van der Waals surface area (Å²) in [5.41, 5.74) is 4.50. The van der Waals surface area contributed by atoms with E-state index >= 15 is 0 Å². The van der Waals surface area contributed by atoms with Gasteiger partial charge in [-0.2, -0.15) is 0 Å². The van der Waals surface area contributed by atoms with Gasteiger partial charge < -0.3 is 4.74 Å². The molecule has 0 amide bonds. The maximum atomic E-state index is 5.13. The Bertz CT molecular complexity index is 355. The van der Waals surface area contributed by atoms with Crippen molar-refractivity contribution < 1.29 is 4.74 Å². The van der Waals surface area contributed by atoms with E-state index in [-0.39, 0.29) is 0 Å². The summed E-state index contributed by atoms with van der Waals surface area (Å²) in [4.78, 5) is 0. The second kappa shape index (κ2) is 3.49. The number of allylic oxidation sites excluding steroid dienone is 2. The largest absolute Gasteiger partial charge is 0.497 e. The predicted octanol–water partition coefficient (Wildman–Crippen LogP) is 3.52. The summed E-state index contributed by atoms with van der Waals surface area (Å²) in [6.07, 6.45) is 1.24. The molecule has 0 N–H and O–H groups in total. The van der Waals surface area contributed by atoms with Crippen molar-refractivity contribution in [2.24, 2.45) is 0 Å². The zero-order valence-electron chi connectivity index (χ0n) is 9.00. The molecule has 1 atom stereocenters. The van der Waals surface area contributed by atoms with Crippen LogP contribution in [-0.2, 0) is 0 Å². The lowest BCUT2D eigenvalue weighted by molar-refractivity contribution is 0.414. The molecule has 0 bridgehead atoms. The van der Waals surface area contributed by atoms with Gasteiger partial charge in [0.25, 0.3) is 0 Å². The van der Waals surface area contributed by atoms with Crippen LogP contribution in [0.2, 0.25) is 0 Å². The maximum Gasteiger partial charge on any atom is 0.118 e. The third kappa shape index (κ3) is 1.67. The Hall–Kier alpha value is -1.24. The number of hydrogen-bond donors (Lipinski definition) is 0. The van der Waals surface area contributed by atoms with Crippen molar-refractivity contribution in [2.45, 2.75) is 26.2 Å². The molecule has 74 valence electrons. The summed E-state index contributed by atoms with van der Waals surface area (Å²) in [7, 11) is 1.70. The Balaban J connectivity index is 2.17. The van der Waals surface area contributed by atoms with E-state index in [1.165, 1.54) is 17.6 Å². The third-order valence-electron chi connectivity index (χ3n) is 2.84. The Labute approximate surface area is 85.4 Å². The normalized spacial score (nSPS) is 19.4. The fourth-order valence-corrected chi connectivity index (χ4v) is 1.87. The van der Waals surface area contributed by atoms with Gasteiger partial charge in [-0.15, -0.1) is 0 Å². The first-order valence-electron chi connectivity index (χ1n) is 5.02. The molecule has 1 aliphatic carbocycles. The molecule has 0 radical (unpaired) electrons. The highest BCUT2D eigenvalue weighted by Gasteiger charge is 2.31. The van der Waals surface area contributed by atoms with Gasteiger partial charge in [0.15, 0.2) is 0 Å². The number of ether oxygens (including phenoxy) is 1. The van der Waals surface area contributed by atoms with Crippen LogP contribution in [0, 0.1) is 0 Å². The third-order valence-corrected chi connectivity index (χ3v) is 2.84. The molecule has 0 aromatic heterocycles. The minimum absolute atomic E-state index is 0.686. The van der Waals surface area contributed by atoms with Gasteiger partial charge in [-0.1, -0.05) is 23.3 Å². The lowest BCUT2D eigenvalue weighted by atomic mass is 10.1. The van der Waals surface area contributed by atoms with E-state index in [1.54, 1.807) is 12.7 Å². The minimum Gasteiger partial charge on any atom is -0.497 e. The zero-order valence-corrected chi connectivity index (χ0v) is 9.00. The van der Waals surface area contributed by atoms with Crippen LogP contribution in [0.5, 0.6) is 5.75 Å². The van der Waals surface area contributed by atoms with Gasteiger partial charge in [-0.05, 0) is 38.0 Å². The molecule has 0 aliphatic heterocycles. The first kappa shape index (κ1) is 9.32. The molecule has 2 rings (SSSR count). The summed E-state index contributed by atoms with van der Waals surface area (Å²) in [5.74, 6) is 1.62. The van der Waals surface area contributed by atoms with Crippen molar-refractivity contribution in [1.82, 2.24) is 0 Å². The minimum atomic E-state index is 0.686. The smallest absolute Gasteiger partial charge is 0.118 e. The van der Waals surface area contributed by atoms with Crippen LogP contribution in [0.25, 0.3) is 0 Å². The number of rotatable bonds is 2. The van der Waals surface area contributed by atoms with Gasteiger partial charge >= 0.3 is 0 Å². The molecule has 1 heteroatoms. The highest BCUT2D eigenvalue weighted by atomic mass is 16.5. The number of methoxy groups -OCH3 is 1. The van der Waals surface area contributed by atoms with E-state index in [9.17, 15) is 0 Å². The summed E-state index contributed by atoms with van der Waals surface area (Å²) >= 11 is 0. The number of hydrogen-bond acceptors (Lipinski definition) is 1. The molecule has 1 aromatic carbocycles. The number of benzene rings is 1. The molecule has 0 saturated heterocycles. The summed E-state index contributed by atoms with van der Waals surface area (Å²) in [6.45, 7) is 4.39. The van der Waals surface area contributed by atoms with Crippen molar-refractivity contribution in [1.29, 1.82) is 0 Å². The first-order chi connectivity index (χ1) is 6.72. The zero-order chi connectivity index (χ0) is 10.1. The summed E-state index contributed by atoms with van der Waals surface area (Å²) in [6, 6.07) is 8.41. The van der Waals surface area contributed by atoms with Crippen LogP contribution >= 0.6 is 0 Å². The van der Waals surface area contributed by atoms with Gasteiger partial charge in [-0.25, -0.2) is 0 Å². The fourth-order valence-electron chi connectivity index (χ4n) is 1.87. The molecular weight excluding hydrogens is 172 g/mol. The predicted molar refractivity (Wildman–Crippen MR) is 58.7 cm³/mol. The highest BCUT2D eigenvalue weighted by molar-refractivity contribution is 5.44. The quantitative estimate of drug-likeness (QED) is 0.645. The van der Waals surface area contributed by atoms with Gasteiger partial charge in [0, 0.05) is 5.92 Å². The molecule has 0 heterocycles. The molecule has 1 saturated carbocycles. The molecular formula is C13H16O. The summed E-state index contributed by atoms with van der Waals surface area (Å²) in [5, 5.41) is 0. The Kier molecular flexibility index (Phi) is 2.32. The van der Waals surface area contributed by atoms with Crippen molar-refractivity contribution in [3.63, 3.8) is 0 Å². The lowest BCUT2D eigenvalue weighted by Crippen LogP contribution is -1.83. The molecule has 1 nitrogen and oxygen atoms in total. The summed E-state index contributed by atoms with van der Waals surface area (Å²) < 4.78 is 5.13. The SMILES string of the molecule is COc1ccc(C2CC2=C(C)C)cc1. The van der Waals surface area contributed by atoms with E-state index in [4.69, 9.17) is 4.74 Å². The second-order valence-electron chi connectivity index (χ2n) is 4.06. The van der Waals surface area contributed by atoms with Crippen LogP contribution in [0.4, 0.5) is 0 Å². The molecule has 1 aliphatic rings. The fraction of sp³-hybridized carbons (Fsp3) is 0.385.